The summed E-state index contributed by atoms with van der Waals surface area (Å²) >= 11 is 0. The normalized spacial score (nSPS) is 12.0. The number of benzene rings is 2. The van der Waals surface area contributed by atoms with Gasteiger partial charge in [-0.15, -0.1) is 0 Å². The van der Waals surface area contributed by atoms with E-state index in [1.807, 2.05) is 48.5 Å². The van der Waals surface area contributed by atoms with Crippen molar-refractivity contribution in [1.29, 1.82) is 0 Å². The van der Waals surface area contributed by atoms with Gasteiger partial charge in [0.1, 0.15) is 0 Å². The van der Waals surface area contributed by atoms with Crippen LogP contribution in [0.4, 0.5) is 0 Å². The smallest absolute Gasteiger partial charge is 0.251 e. The summed E-state index contributed by atoms with van der Waals surface area (Å²) in [7, 11) is -3.39. The molecule has 0 saturated carbocycles. The number of rotatable bonds is 8. The Morgan fingerprint density at radius 2 is 1.75 bits per heavy atom. The number of sulfonamides is 1. The molecule has 5 nitrogen and oxygen atoms in total. The average Bonchev–Trinajstić information content (AvgIpc) is 2.67. The maximum atomic E-state index is 12.3. The fourth-order valence-electron chi connectivity index (χ4n) is 3.13. The first-order valence-electron chi connectivity index (χ1n) is 9.51. The molecule has 148 valence electrons. The Labute approximate surface area is 165 Å². The van der Waals surface area contributed by atoms with Gasteiger partial charge in [-0.3, -0.25) is 4.79 Å². The highest BCUT2D eigenvalue weighted by atomic mass is 32.2. The van der Waals surface area contributed by atoms with E-state index in [4.69, 9.17) is 0 Å². The average molecular weight is 399 g/mol. The third-order valence-corrected chi connectivity index (χ3v) is 6.22. The Bertz CT molecular complexity index is 1100. The summed E-state index contributed by atoms with van der Waals surface area (Å²) in [6.07, 6.45) is 0.812. The molecular formula is C22H26N2O3S. The maximum Gasteiger partial charge on any atom is 0.251 e. The van der Waals surface area contributed by atoms with Crippen LogP contribution in [-0.2, 0) is 22.9 Å². The van der Waals surface area contributed by atoms with Crippen molar-refractivity contribution >= 4 is 20.9 Å². The van der Waals surface area contributed by atoms with Gasteiger partial charge in [0, 0.05) is 17.6 Å². The van der Waals surface area contributed by atoms with Crippen molar-refractivity contribution in [2.75, 3.05) is 12.3 Å². The number of fused-ring (bicyclic) bond motifs is 1. The van der Waals surface area contributed by atoms with Gasteiger partial charge in [0.05, 0.1) is 5.75 Å². The van der Waals surface area contributed by atoms with Crippen molar-refractivity contribution in [1.82, 2.24) is 9.71 Å². The van der Waals surface area contributed by atoms with Crippen LogP contribution in [-0.4, -0.2) is 25.7 Å². The molecule has 0 aliphatic carbocycles. The first-order valence-corrected chi connectivity index (χ1v) is 11.2. The van der Waals surface area contributed by atoms with Crippen LogP contribution in [0.2, 0.25) is 0 Å². The van der Waals surface area contributed by atoms with Gasteiger partial charge < -0.3 is 4.98 Å². The predicted molar refractivity (Wildman–Crippen MR) is 114 cm³/mol. The molecule has 0 aliphatic heterocycles. The molecule has 28 heavy (non-hydrogen) atoms. The van der Waals surface area contributed by atoms with Gasteiger partial charge in [-0.2, -0.15) is 0 Å². The molecule has 0 radical (unpaired) electrons. The summed E-state index contributed by atoms with van der Waals surface area (Å²) in [5.41, 5.74) is 3.39. The van der Waals surface area contributed by atoms with Gasteiger partial charge in [0.25, 0.3) is 5.56 Å². The van der Waals surface area contributed by atoms with Crippen LogP contribution in [0.3, 0.4) is 0 Å². The molecule has 1 aromatic heterocycles. The van der Waals surface area contributed by atoms with E-state index in [1.165, 1.54) is 5.56 Å². The number of pyridine rings is 1. The van der Waals surface area contributed by atoms with E-state index in [2.05, 4.69) is 29.6 Å². The number of nitrogens with one attached hydrogen (secondary N) is 2. The lowest BCUT2D eigenvalue weighted by Crippen LogP contribution is -2.30. The quantitative estimate of drug-likeness (QED) is 0.611. The second kappa shape index (κ2) is 8.71. The van der Waals surface area contributed by atoms with Gasteiger partial charge in [-0.25, -0.2) is 13.1 Å². The molecule has 6 heteroatoms. The number of aromatic nitrogens is 1. The van der Waals surface area contributed by atoms with Gasteiger partial charge in [-0.1, -0.05) is 50.2 Å². The third-order valence-electron chi connectivity index (χ3n) is 4.83. The SMILES string of the molecule is CC(C)c1ccc2[nH]c(=O)c(CCNS(=O)(=O)CCc3ccccc3)cc2c1. The van der Waals surface area contributed by atoms with E-state index in [0.29, 0.717) is 24.3 Å². The van der Waals surface area contributed by atoms with Gasteiger partial charge in [-0.05, 0) is 53.5 Å². The van der Waals surface area contributed by atoms with Gasteiger partial charge in [0.2, 0.25) is 10.0 Å². The van der Waals surface area contributed by atoms with Crippen LogP contribution in [0.25, 0.3) is 10.9 Å². The second-order valence-corrected chi connectivity index (χ2v) is 9.25. The number of aromatic amines is 1. The standard InChI is InChI=1S/C22H26N2O3S/c1-16(2)18-8-9-21-20(14-18)15-19(22(25)24-21)10-12-23-28(26,27)13-11-17-6-4-3-5-7-17/h3-9,14-16,23H,10-13H2,1-2H3,(H,24,25). The largest absolute Gasteiger partial charge is 0.322 e. The lowest BCUT2D eigenvalue weighted by Gasteiger charge is -2.09. The molecule has 0 spiro atoms. The van der Waals surface area contributed by atoms with Crippen molar-refractivity contribution < 1.29 is 8.42 Å². The molecule has 3 rings (SSSR count). The van der Waals surface area contributed by atoms with Crippen molar-refractivity contribution in [2.45, 2.75) is 32.6 Å². The zero-order chi connectivity index (χ0) is 20.1. The molecular weight excluding hydrogens is 372 g/mol. The second-order valence-electron chi connectivity index (χ2n) is 7.32. The lowest BCUT2D eigenvalue weighted by molar-refractivity contribution is 0.580. The van der Waals surface area contributed by atoms with E-state index in [-0.39, 0.29) is 17.9 Å². The van der Waals surface area contributed by atoms with Crippen LogP contribution >= 0.6 is 0 Å². The van der Waals surface area contributed by atoms with Crippen molar-refractivity contribution in [3.63, 3.8) is 0 Å². The fourth-order valence-corrected chi connectivity index (χ4v) is 4.19. The highest BCUT2D eigenvalue weighted by molar-refractivity contribution is 7.89. The molecule has 2 N–H and O–H groups in total. The van der Waals surface area contributed by atoms with E-state index < -0.39 is 10.0 Å². The number of hydrogen-bond acceptors (Lipinski definition) is 3. The minimum atomic E-state index is -3.39. The van der Waals surface area contributed by atoms with Crippen molar-refractivity contribution in [3.05, 3.63) is 81.6 Å². The molecule has 2 aromatic carbocycles. The first-order chi connectivity index (χ1) is 13.3. The number of aryl methyl sites for hydroxylation is 1. The Hall–Kier alpha value is -2.44. The van der Waals surface area contributed by atoms with Gasteiger partial charge in [0.15, 0.2) is 0 Å². The molecule has 0 amide bonds. The van der Waals surface area contributed by atoms with Crippen molar-refractivity contribution in [2.24, 2.45) is 0 Å². The van der Waals surface area contributed by atoms with Crippen LogP contribution in [0.5, 0.6) is 0 Å². The summed E-state index contributed by atoms with van der Waals surface area (Å²) in [5, 5.41) is 0.965. The minimum absolute atomic E-state index is 0.0306. The fraction of sp³-hybridized carbons (Fsp3) is 0.318. The summed E-state index contributed by atoms with van der Waals surface area (Å²) in [6.45, 7) is 4.45. The Kier molecular flexibility index (Phi) is 6.31. The van der Waals surface area contributed by atoms with E-state index >= 15 is 0 Å². The van der Waals surface area contributed by atoms with Crippen LogP contribution in [0.15, 0.2) is 59.4 Å². The number of hydrogen-bond donors (Lipinski definition) is 2. The molecule has 0 unspecified atom stereocenters. The minimum Gasteiger partial charge on any atom is -0.322 e. The molecule has 0 bridgehead atoms. The number of H-pyrrole nitrogens is 1. The monoisotopic (exact) mass is 398 g/mol. The van der Waals surface area contributed by atoms with Crippen LogP contribution in [0.1, 0.15) is 36.5 Å². The van der Waals surface area contributed by atoms with Crippen LogP contribution in [0, 0.1) is 0 Å². The molecule has 0 aliphatic rings. The molecule has 3 aromatic rings. The highest BCUT2D eigenvalue weighted by Gasteiger charge is 2.11. The Morgan fingerprint density at radius 3 is 2.46 bits per heavy atom. The molecule has 1 heterocycles. The summed E-state index contributed by atoms with van der Waals surface area (Å²) in [4.78, 5) is 15.2. The zero-order valence-electron chi connectivity index (χ0n) is 16.2. The van der Waals surface area contributed by atoms with E-state index in [0.717, 1.165) is 16.5 Å². The Morgan fingerprint density at radius 1 is 1.00 bits per heavy atom. The summed E-state index contributed by atoms with van der Waals surface area (Å²) in [6, 6.07) is 17.4. The first kappa shape index (κ1) is 20.3. The predicted octanol–water partition coefficient (Wildman–Crippen LogP) is 3.36. The summed E-state index contributed by atoms with van der Waals surface area (Å²) in [5.74, 6) is 0.430. The zero-order valence-corrected chi connectivity index (χ0v) is 17.1. The van der Waals surface area contributed by atoms with E-state index in [1.54, 1.807) is 0 Å². The lowest BCUT2D eigenvalue weighted by atomic mass is 10.0. The third kappa shape index (κ3) is 5.30. The highest BCUT2D eigenvalue weighted by Crippen LogP contribution is 2.20. The maximum absolute atomic E-state index is 12.3. The molecule has 0 saturated heterocycles. The Balaban J connectivity index is 1.64. The van der Waals surface area contributed by atoms with E-state index in [9.17, 15) is 13.2 Å². The topological polar surface area (TPSA) is 79.0 Å². The van der Waals surface area contributed by atoms with Crippen molar-refractivity contribution in [3.8, 4) is 0 Å². The summed E-state index contributed by atoms with van der Waals surface area (Å²) < 4.78 is 27.0. The molecule has 0 fully saturated rings. The van der Waals surface area contributed by atoms with Crippen LogP contribution < -0.4 is 10.3 Å². The molecule has 0 atom stereocenters. The van der Waals surface area contributed by atoms with Gasteiger partial charge >= 0.3 is 0 Å².